The van der Waals surface area contributed by atoms with E-state index in [0.29, 0.717) is 42.0 Å². The Labute approximate surface area is 399 Å². The number of nitrogen functional groups attached to an aromatic ring is 2. The molecule has 4 aromatic heterocycles. The molecule has 0 aliphatic heterocycles. The summed E-state index contributed by atoms with van der Waals surface area (Å²) < 4.78 is 70.7. The number of hydrogen-bond donors (Lipinski definition) is 4. The molecule has 2 unspecified atom stereocenters. The van der Waals surface area contributed by atoms with E-state index in [-0.39, 0.29) is 74.9 Å². The quantitative estimate of drug-likeness (QED) is 0.0338. The molecule has 0 aliphatic carbocycles. The van der Waals surface area contributed by atoms with E-state index in [0.717, 1.165) is 11.1 Å². The third kappa shape index (κ3) is 18.1. The van der Waals surface area contributed by atoms with Crippen molar-refractivity contribution in [2.45, 2.75) is 67.0 Å². The lowest BCUT2D eigenvalue weighted by Gasteiger charge is -2.23. The number of anilines is 2. The van der Waals surface area contributed by atoms with Crippen LogP contribution in [0.5, 0.6) is 11.8 Å². The van der Waals surface area contributed by atoms with Crippen LogP contribution in [0.1, 0.15) is 45.7 Å². The van der Waals surface area contributed by atoms with Gasteiger partial charge in [-0.1, -0.05) is 74.5 Å². The van der Waals surface area contributed by atoms with Gasteiger partial charge in [-0.05, 0) is 31.9 Å². The van der Waals surface area contributed by atoms with E-state index in [1.165, 1.54) is 14.2 Å². The fraction of sp³-hybridized carbons (Fsp3) is 0.442. The highest BCUT2D eigenvalue weighted by Gasteiger charge is 2.30. The largest absolute Gasteiger partial charge is 0.479 e. The SMILES string of the molecule is CCOC(=O)C(C)C.CCOC(=O)[C@@H](C)NP(=O)(COCCn1cnc2c(OC)nc(N)nc21)OCc1ccccc1.COc1nc(N)nc2c1ncn2CCOCP(=O)(O)OCc1ccccc1. The van der Waals surface area contributed by atoms with Crippen LogP contribution in [-0.4, -0.2) is 115 Å². The number of carbonyl (C=O) groups excluding carboxylic acids is 2. The number of ether oxygens (including phenoxy) is 6. The number of aromatic nitrogens is 8. The van der Waals surface area contributed by atoms with Crippen LogP contribution in [0.25, 0.3) is 22.3 Å². The molecule has 6 N–H and O–H groups in total. The summed E-state index contributed by atoms with van der Waals surface area (Å²) in [6, 6.07) is 17.6. The van der Waals surface area contributed by atoms with Crippen molar-refractivity contribution in [3.8, 4) is 11.8 Å². The zero-order valence-corrected chi connectivity index (χ0v) is 41.4. The molecule has 3 atom stereocenters. The molecule has 26 heteroatoms. The van der Waals surface area contributed by atoms with Crippen LogP contribution in [0.4, 0.5) is 11.9 Å². The Morgan fingerprint density at radius 1 is 0.681 bits per heavy atom. The van der Waals surface area contributed by atoms with Crippen molar-refractivity contribution in [3.05, 3.63) is 84.4 Å². The molecule has 0 aliphatic rings. The van der Waals surface area contributed by atoms with Crippen molar-refractivity contribution in [3.63, 3.8) is 0 Å². The van der Waals surface area contributed by atoms with Crippen LogP contribution in [0, 0.1) is 5.92 Å². The predicted molar refractivity (Wildman–Crippen MR) is 255 cm³/mol. The first-order valence-electron chi connectivity index (χ1n) is 21.6. The number of nitrogens with two attached hydrogens (primary N) is 2. The maximum Gasteiger partial charge on any atom is 0.353 e. The van der Waals surface area contributed by atoms with Crippen LogP contribution in [0.2, 0.25) is 0 Å². The summed E-state index contributed by atoms with van der Waals surface area (Å²) in [5.74, 6) is 0.0493. The summed E-state index contributed by atoms with van der Waals surface area (Å²) in [7, 11) is -4.46. The average Bonchev–Trinajstić information content (AvgIpc) is 3.94. The van der Waals surface area contributed by atoms with Gasteiger partial charge in [-0.2, -0.15) is 19.9 Å². The lowest BCUT2D eigenvalue weighted by atomic mass is 10.2. The lowest BCUT2D eigenvalue weighted by Crippen LogP contribution is -2.34. The maximum atomic E-state index is 13.5. The molecule has 2 aromatic carbocycles. The lowest BCUT2D eigenvalue weighted by molar-refractivity contribution is -0.147. The first-order chi connectivity index (χ1) is 33.0. The van der Waals surface area contributed by atoms with Gasteiger partial charge in [0.1, 0.15) is 18.7 Å². The van der Waals surface area contributed by atoms with Crippen LogP contribution >= 0.6 is 15.1 Å². The topological polar surface area (TPSA) is 314 Å². The van der Waals surface area contributed by atoms with E-state index in [1.54, 1.807) is 42.6 Å². The van der Waals surface area contributed by atoms with Gasteiger partial charge in [0.15, 0.2) is 22.3 Å². The van der Waals surface area contributed by atoms with E-state index in [9.17, 15) is 23.6 Å². The molecule has 69 heavy (non-hydrogen) atoms. The van der Waals surface area contributed by atoms with Crippen LogP contribution in [0.3, 0.4) is 0 Å². The summed E-state index contributed by atoms with van der Waals surface area (Å²) in [6.45, 7) is 10.6. The number of imidazole rings is 2. The summed E-state index contributed by atoms with van der Waals surface area (Å²) in [6.07, 6.45) is 2.45. The molecule has 24 nitrogen and oxygen atoms in total. The normalized spacial score (nSPS) is 13.3. The van der Waals surface area contributed by atoms with Gasteiger partial charge in [0.2, 0.25) is 23.7 Å². The number of hydrogen-bond acceptors (Lipinski definition) is 20. The zero-order valence-electron chi connectivity index (χ0n) is 39.6. The van der Waals surface area contributed by atoms with E-state index >= 15 is 0 Å². The third-order valence-corrected chi connectivity index (χ3v) is 12.0. The van der Waals surface area contributed by atoms with Gasteiger partial charge in [0.05, 0.1) is 72.4 Å². The number of methoxy groups -OCH3 is 2. The molecule has 0 fully saturated rings. The minimum atomic E-state index is -3.85. The summed E-state index contributed by atoms with van der Waals surface area (Å²) in [5, 5.41) is 2.75. The highest BCUT2D eigenvalue weighted by atomic mass is 31.2. The Bertz CT molecular complexity index is 2620. The molecule has 6 rings (SSSR count). The van der Waals surface area contributed by atoms with E-state index in [4.69, 9.17) is 44.2 Å². The number of carbonyl (C=O) groups is 2. The number of rotatable bonds is 24. The molecule has 0 radical (unpaired) electrons. The zero-order chi connectivity index (χ0) is 50.4. The number of nitrogens with one attached hydrogen (secondary N) is 1. The van der Waals surface area contributed by atoms with Gasteiger partial charge < -0.3 is 63.0 Å². The Kier molecular flexibility index (Phi) is 22.3. The van der Waals surface area contributed by atoms with Crippen LogP contribution in [0.15, 0.2) is 73.3 Å². The molecular weight excluding hydrogens is 940 g/mol. The van der Waals surface area contributed by atoms with Gasteiger partial charge in [0, 0.05) is 13.1 Å². The molecule has 0 bridgehead atoms. The van der Waals surface area contributed by atoms with Crippen molar-refractivity contribution < 1.29 is 61.1 Å². The Balaban J connectivity index is 0.000000264. The molecule has 0 amide bonds. The molecule has 0 saturated carbocycles. The minimum Gasteiger partial charge on any atom is -0.479 e. The maximum absolute atomic E-state index is 13.5. The number of nitrogens with zero attached hydrogens (tertiary/aromatic N) is 8. The second-order valence-electron chi connectivity index (χ2n) is 14.8. The van der Waals surface area contributed by atoms with Gasteiger partial charge >= 0.3 is 19.5 Å². The highest BCUT2D eigenvalue weighted by Crippen LogP contribution is 2.44. The number of fused-ring (bicyclic) bond motifs is 2. The predicted octanol–water partition coefficient (Wildman–Crippen LogP) is 5.34. The smallest absolute Gasteiger partial charge is 0.353 e. The fourth-order valence-electron chi connectivity index (χ4n) is 5.75. The summed E-state index contributed by atoms with van der Waals surface area (Å²) in [4.78, 5) is 57.2. The van der Waals surface area contributed by atoms with Crippen molar-refractivity contribution in [2.24, 2.45) is 5.92 Å². The minimum absolute atomic E-state index is 0.00921. The third-order valence-electron chi connectivity index (χ3n) is 9.10. The van der Waals surface area contributed by atoms with Crippen LogP contribution < -0.4 is 26.0 Å². The molecule has 0 saturated heterocycles. The van der Waals surface area contributed by atoms with Gasteiger partial charge in [0.25, 0.3) is 7.52 Å². The van der Waals surface area contributed by atoms with Gasteiger partial charge in [-0.3, -0.25) is 18.7 Å². The molecule has 4 heterocycles. The first-order valence-corrected chi connectivity index (χ1v) is 25.2. The van der Waals surface area contributed by atoms with Gasteiger partial charge in [-0.25, -0.2) is 15.1 Å². The summed E-state index contributed by atoms with van der Waals surface area (Å²) in [5.41, 5.74) is 15.0. The number of esters is 2. The van der Waals surface area contributed by atoms with E-state index in [2.05, 4.69) is 39.7 Å². The highest BCUT2D eigenvalue weighted by molar-refractivity contribution is 7.56. The number of benzene rings is 2. The second-order valence-corrected chi connectivity index (χ2v) is 18.7. The second kappa shape index (κ2) is 27.8. The van der Waals surface area contributed by atoms with Crippen LogP contribution in [-0.2, 0) is 73.0 Å². The van der Waals surface area contributed by atoms with E-state index < -0.39 is 33.5 Å². The summed E-state index contributed by atoms with van der Waals surface area (Å²) >= 11 is 0. The standard InChI is InChI=1S/C21H29N6O6P.C16H20N5O5P.C6H12O2/c1-4-32-20(28)15(2)26-34(29,33-12-16-8-6-5-7-9-16)14-31-11-10-27-13-23-17-18(27)24-21(22)25-19(17)30-3;1-24-15-13-14(19-16(17)20-15)21(10-18-13)7-8-25-11-27(22,23)26-9-12-5-3-2-4-6-12;1-4-8-6(7)5(2)3/h5-9,13,15H,4,10-12,14H2,1-3H3,(H,26,29)(H2,22,24,25);2-6,10H,7-9,11H2,1H3,(H,22,23)(H2,17,19,20);5H,4H2,1-3H3/t15-,34?;;/m1../s1. The van der Waals surface area contributed by atoms with Crippen molar-refractivity contribution >= 4 is 61.3 Å². The molecule has 6 aromatic rings. The molecular formula is C43H61N11O13P2. The Morgan fingerprint density at radius 3 is 1.57 bits per heavy atom. The van der Waals surface area contributed by atoms with Crippen molar-refractivity contribution in [1.82, 2.24) is 44.1 Å². The monoisotopic (exact) mass is 1000 g/mol. The first kappa shape index (κ1) is 55.5. The fourth-order valence-corrected chi connectivity index (χ4v) is 8.18. The Hall–Kier alpha value is -6.10. The van der Waals surface area contributed by atoms with Crippen molar-refractivity contribution in [1.29, 1.82) is 0 Å². The molecule has 0 spiro atoms. The van der Waals surface area contributed by atoms with E-state index in [1.807, 2.05) is 74.5 Å². The average molecular weight is 1000 g/mol. The Morgan fingerprint density at radius 2 is 1.13 bits per heavy atom. The molecule has 376 valence electrons. The van der Waals surface area contributed by atoms with Gasteiger partial charge in [-0.15, -0.1) is 0 Å². The van der Waals surface area contributed by atoms with Crippen molar-refractivity contribution in [2.75, 3.05) is 64.8 Å².